The molecule has 0 bridgehead atoms. The van der Waals surface area contributed by atoms with Gasteiger partial charge in [-0.05, 0) is 49.6 Å². The highest BCUT2D eigenvalue weighted by Crippen LogP contribution is 2.35. The van der Waals surface area contributed by atoms with Gasteiger partial charge in [0.25, 0.3) is 11.8 Å². The van der Waals surface area contributed by atoms with E-state index in [1.807, 2.05) is 44.2 Å². The first-order chi connectivity index (χ1) is 14.0. The minimum absolute atomic E-state index is 0.264. The van der Waals surface area contributed by atoms with Gasteiger partial charge in [-0.25, -0.2) is 0 Å². The van der Waals surface area contributed by atoms with Gasteiger partial charge in [-0.3, -0.25) is 14.5 Å². The van der Waals surface area contributed by atoms with Crippen molar-refractivity contribution in [3.8, 4) is 5.75 Å². The van der Waals surface area contributed by atoms with Crippen LogP contribution in [0.5, 0.6) is 5.75 Å². The lowest BCUT2D eigenvalue weighted by molar-refractivity contribution is -0.137. The maximum atomic E-state index is 13.2. The molecule has 2 amide bonds. The van der Waals surface area contributed by atoms with Crippen LogP contribution in [0.15, 0.2) is 48.2 Å². The van der Waals surface area contributed by atoms with Crippen molar-refractivity contribution in [2.24, 2.45) is 0 Å². The molecule has 6 heteroatoms. The number of amides is 2. The molecule has 0 aliphatic carbocycles. The molecule has 0 fully saturated rings. The number of hydrogen-bond acceptors (Lipinski definition) is 5. The first kappa shape index (κ1) is 20.6. The molecule has 3 rings (SSSR count). The number of nitrogens with zero attached hydrogens (tertiary/aromatic N) is 1. The van der Waals surface area contributed by atoms with Gasteiger partial charge < -0.3 is 14.8 Å². The molecule has 0 atom stereocenters. The van der Waals surface area contributed by atoms with Crippen molar-refractivity contribution < 1.29 is 19.1 Å². The molecule has 2 aromatic rings. The molecule has 2 aromatic carbocycles. The summed E-state index contributed by atoms with van der Waals surface area (Å²) in [6, 6.07) is 13.1. The number of ether oxygens (including phenoxy) is 2. The van der Waals surface area contributed by atoms with Gasteiger partial charge in [-0.15, -0.1) is 0 Å². The van der Waals surface area contributed by atoms with E-state index in [2.05, 4.69) is 5.32 Å². The summed E-state index contributed by atoms with van der Waals surface area (Å²) in [6.45, 7) is 4.80. The number of carbonyl (C=O) groups excluding carboxylic acids is 2. The summed E-state index contributed by atoms with van der Waals surface area (Å²) in [6.07, 6.45) is 0.574. The standard InChI is InChI=1S/C23H26N2O4/c1-15-10-11-17(14-16(15)2)24-21-20(18-8-5-6-9-19(18)29-4)22(26)25(23(21)27)12-7-13-28-3/h5-6,8-11,14,24H,7,12-13H2,1-4H3. The van der Waals surface area contributed by atoms with Crippen molar-refractivity contribution in [1.29, 1.82) is 0 Å². The number of carbonyl (C=O) groups is 2. The van der Waals surface area contributed by atoms with Crippen molar-refractivity contribution in [2.45, 2.75) is 20.3 Å². The Morgan fingerprint density at radius 2 is 1.72 bits per heavy atom. The Labute approximate surface area is 171 Å². The Morgan fingerprint density at radius 1 is 0.966 bits per heavy atom. The molecule has 0 radical (unpaired) electrons. The summed E-state index contributed by atoms with van der Waals surface area (Å²) in [7, 11) is 3.15. The van der Waals surface area contributed by atoms with Crippen molar-refractivity contribution >= 4 is 23.1 Å². The molecule has 1 aliphatic heterocycles. The Kier molecular flexibility index (Phi) is 6.34. The van der Waals surface area contributed by atoms with E-state index >= 15 is 0 Å². The van der Waals surface area contributed by atoms with Crippen LogP contribution in [-0.2, 0) is 14.3 Å². The van der Waals surface area contributed by atoms with Crippen LogP contribution in [-0.4, -0.2) is 44.1 Å². The number of benzene rings is 2. The molecule has 0 unspecified atom stereocenters. The summed E-state index contributed by atoms with van der Waals surface area (Å²) >= 11 is 0. The molecule has 0 spiro atoms. The average Bonchev–Trinajstić information content (AvgIpc) is 2.95. The normalized spacial score (nSPS) is 14.0. The summed E-state index contributed by atoms with van der Waals surface area (Å²) < 4.78 is 10.5. The van der Waals surface area contributed by atoms with E-state index < -0.39 is 0 Å². The fourth-order valence-electron chi connectivity index (χ4n) is 3.33. The van der Waals surface area contributed by atoms with Crippen LogP contribution in [0.1, 0.15) is 23.1 Å². The first-order valence-corrected chi connectivity index (χ1v) is 9.55. The first-order valence-electron chi connectivity index (χ1n) is 9.55. The van der Waals surface area contributed by atoms with Gasteiger partial charge in [-0.2, -0.15) is 0 Å². The lowest BCUT2D eigenvalue weighted by atomic mass is 10.0. The summed E-state index contributed by atoms with van der Waals surface area (Å²) in [5.74, 6) is -0.131. The molecular weight excluding hydrogens is 368 g/mol. The lowest BCUT2D eigenvalue weighted by Crippen LogP contribution is -2.33. The quantitative estimate of drug-likeness (QED) is 0.548. The Morgan fingerprint density at radius 3 is 2.41 bits per heavy atom. The van der Waals surface area contributed by atoms with Crippen molar-refractivity contribution in [2.75, 3.05) is 32.7 Å². The summed E-state index contributed by atoms with van der Waals surface area (Å²) in [4.78, 5) is 27.6. The van der Waals surface area contributed by atoms with Gasteiger partial charge in [0.15, 0.2) is 0 Å². The Balaban J connectivity index is 2.05. The van der Waals surface area contributed by atoms with Crippen LogP contribution in [0.25, 0.3) is 5.57 Å². The molecule has 1 heterocycles. The highest BCUT2D eigenvalue weighted by atomic mass is 16.5. The maximum Gasteiger partial charge on any atom is 0.278 e. The highest BCUT2D eigenvalue weighted by molar-refractivity contribution is 6.37. The molecule has 1 N–H and O–H groups in total. The third-order valence-corrected chi connectivity index (χ3v) is 5.05. The zero-order chi connectivity index (χ0) is 21.0. The molecule has 1 aliphatic rings. The average molecular weight is 394 g/mol. The maximum absolute atomic E-state index is 13.2. The van der Waals surface area contributed by atoms with Gasteiger partial charge in [-0.1, -0.05) is 24.3 Å². The number of aryl methyl sites for hydroxylation is 2. The fraction of sp³-hybridized carbons (Fsp3) is 0.304. The second-order valence-electron chi connectivity index (χ2n) is 6.98. The van der Waals surface area contributed by atoms with E-state index in [0.717, 1.165) is 16.8 Å². The number of para-hydroxylation sites is 1. The van der Waals surface area contributed by atoms with Crippen molar-refractivity contribution in [3.05, 3.63) is 64.9 Å². The van der Waals surface area contributed by atoms with Crippen molar-refractivity contribution in [3.63, 3.8) is 0 Å². The van der Waals surface area contributed by atoms with Crippen LogP contribution in [0.2, 0.25) is 0 Å². The van der Waals surface area contributed by atoms with Gasteiger partial charge in [0, 0.05) is 31.5 Å². The molecular formula is C23H26N2O4. The lowest BCUT2D eigenvalue weighted by Gasteiger charge is -2.15. The SMILES string of the molecule is COCCCN1C(=O)C(Nc2ccc(C)c(C)c2)=C(c2ccccc2OC)C1=O. The Bertz CT molecular complexity index is 965. The largest absolute Gasteiger partial charge is 0.496 e. The number of hydrogen-bond donors (Lipinski definition) is 1. The number of imide groups is 1. The number of anilines is 1. The third kappa shape index (κ3) is 4.17. The summed E-state index contributed by atoms with van der Waals surface area (Å²) in [5, 5.41) is 3.19. The van der Waals surface area contributed by atoms with Gasteiger partial charge in [0.2, 0.25) is 0 Å². The topological polar surface area (TPSA) is 67.9 Å². The van der Waals surface area contributed by atoms with E-state index in [0.29, 0.717) is 36.5 Å². The molecule has 6 nitrogen and oxygen atoms in total. The van der Waals surface area contributed by atoms with Crippen LogP contribution >= 0.6 is 0 Å². The molecule has 0 saturated heterocycles. The minimum Gasteiger partial charge on any atom is -0.496 e. The molecule has 0 aromatic heterocycles. The Hall–Kier alpha value is -3.12. The number of nitrogens with one attached hydrogen (secondary N) is 1. The van der Waals surface area contributed by atoms with Crippen LogP contribution in [0.3, 0.4) is 0 Å². The van der Waals surface area contributed by atoms with Gasteiger partial charge >= 0.3 is 0 Å². The predicted octanol–water partition coefficient (Wildman–Crippen LogP) is 3.54. The highest BCUT2D eigenvalue weighted by Gasteiger charge is 2.39. The fourth-order valence-corrected chi connectivity index (χ4v) is 3.33. The van der Waals surface area contributed by atoms with Gasteiger partial charge in [0.05, 0.1) is 12.7 Å². The van der Waals surface area contributed by atoms with E-state index in [-0.39, 0.29) is 17.5 Å². The third-order valence-electron chi connectivity index (χ3n) is 5.05. The zero-order valence-corrected chi connectivity index (χ0v) is 17.2. The minimum atomic E-state index is -0.342. The molecule has 0 saturated carbocycles. The number of rotatable bonds is 8. The van der Waals surface area contributed by atoms with Crippen LogP contribution < -0.4 is 10.1 Å². The smallest absolute Gasteiger partial charge is 0.278 e. The summed E-state index contributed by atoms with van der Waals surface area (Å²) in [5.41, 5.74) is 4.19. The zero-order valence-electron chi connectivity index (χ0n) is 17.2. The molecule has 29 heavy (non-hydrogen) atoms. The predicted molar refractivity (Wildman–Crippen MR) is 113 cm³/mol. The van der Waals surface area contributed by atoms with E-state index in [1.54, 1.807) is 26.4 Å². The second-order valence-corrected chi connectivity index (χ2v) is 6.98. The van der Waals surface area contributed by atoms with E-state index in [1.165, 1.54) is 4.90 Å². The van der Waals surface area contributed by atoms with E-state index in [4.69, 9.17) is 9.47 Å². The van der Waals surface area contributed by atoms with Crippen LogP contribution in [0, 0.1) is 13.8 Å². The van der Waals surface area contributed by atoms with Crippen LogP contribution in [0.4, 0.5) is 5.69 Å². The number of methoxy groups -OCH3 is 2. The van der Waals surface area contributed by atoms with Gasteiger partial charge in [0.1, 0.15) is 11.4 Å². The van der Waals surface area contributed by atoms with E-state index in [9.17, 15) is 9.59 Å². The van der Waals surface area contributed by atoms with Crippen molar-refractivity contribution in [1.82, 2.24) is 4.90 Å². The second kappa shape index (κ2) is 8.92. The molecule has 152 valence electrons. The monoisotopic (exact) mass is 394 g/mol.